The summed E-state index contributed by atoms with van der Waals surface area (Å²) in [7, 11) is 0. The van der Waals surface area contributed by atoms with E-state index in [1.807, 2.05) is 0 Å². The largest absolute Gasteiger partial charge is 0.353 e. The summed E-state index contributed by atoms with van der Waals surface area (Å²) in [4.78, 5) is 18.3. The van der Waals surface area contributed by atoms with Crippen molar-refractivity contribution in [1.29, 1.82) is 0 Å². The highest BCUT2D eigenvalue weighted by Gasteiger charge is 2.44. The van der Waals surface area contributed by atoms with Crippen molar-refractivity contribution in [3.8, 4) is 0 Å². The average molecular weight is 365 g/mol. The quantitative estimate of drug-likeness (QED) is 0.611. The lowest BCUT2D eigenvalue weighted by atomic mass is 9.73. The second-order valence-electron chi connectivity index (χ2n) is 9.16. The summed E-state index contributed by atoms with van der Waals surface area (Å²) >= 11 is 0. The minimum atomic E-state index is 0.153. The molecule has 2 aliphatic heterocycles. The maximum atomic E-state index is 12.7. The Kier molecular flexibility index (Phi) is 5.84. The van der Waals surface area contributed by atoms with E-state index in [2.05, 4.69) is 35.3 Å². The zero-order valence-electron chi connectivity index (χ0n) is 16.3. The number of hydrogen-bond donors (Lipinski definition) is 4. The van der Waals surface area contributed by atoms with Crippen molar-refractivity contribution in [3.05, 3.63) is 0 Å². The molecular weight excluding hydrogens is 328 g/mol. The molecule has 6 nitrogen and oxygen atoms in total. The van der Waals surface area contributed by atoms with Crippen LogP contribution in [0.5, 0.6) is 0 Å². The molecule has 0 bridgehead atoms. The summed E-state index contributed by atoms with van der Waals surface area (Å²) in [5.41, 5.74) is 3.21. The van der Waals surface area contributed by atoms with Crippen molar-refractivity contribution in [3.63, 3.8) is 0 Å². The van der Waals surface area contributed by atoms with E-state index >= 15 is 0 Å². The molecule has 4 aliphatic rings. The van der Waals surface area contributed by atoms with Gasteiger partial charge in [-0.3, -0.25) is 14.9 Å². The number of carbonyl (C=O) groups excluding carboxylic acids is 1. The third-order valence-corrected chi connectivity index (χ3v) is 7.26. The van der Waals surface area contributed by atoms with Crippen LogP contribution in [0.15, 0.2) is 0 Å². The van der Waals surface area contributed by atoms with E-state index < -0.39 is 0 Å². The first-order valence-corrected chi connectivity index (χ1v) is 10.8. The van der Waals surface area contributed by atoms with Crippen molar-refractivity contribution in [2.24, 2.45) is 29.6 Å². The molecule has 26 heavy (non-hydrogen) atoms. The number of piperidine rings is 1. The summed E-state index contributed by atoms with van der Waals surface area (Å²) in [6.45, 7) is 6.27. The Morgan fingerprint density at radius 3 is 2.73 bits per heavy atom. The predicted octanol–water partition coefficient (Wildman–Crippen LogP) is 1.73. The molecule has 2 heterocycles. The zero-order chi connectivity index (χ0) is 18.1. The van der Waals surface area contributed by atoms with E-state index in [-0.39, 0.29) is 18.1 Å². The number of rotatable bonds is 4. The predicted molar refractivity (Wildman–Crippen MR) is 101 cm³/mol. The standard InChI is InChI=1S/C20H36N4O2/c1-3-18-23-19(24-26-18)14-4-6-16-13(9-14)5-7-17(16)22-20(25)15-8-12(2)10-21-11-15/h12-19,21,23-24H,3-11H2,1-2H3,(H,22,25)/t12?,13?,14?,15?,16?,17-,18?,19?/m1/s1. The van der Waals surface area contributed by atoms with Crippen LogP contribution in [-0.4, -0.2) is 37.4 Å². The summed E-state index contributed by atoms with van der Waals surface area (Å²) in [6.07, 6.45) is 8.59. The molecule has 2 saturated heterocycles. The van der Waals surface area contributed by atoms with Crippen LogP contribution in [0.2, 0.25) is 0 Å². The molecule has 1 amide bonds. The Bertz CT molecular complexity index is 502. The number of carbonyl (C=O) groups is 1. The average Bonchev–Trinajstić information content (AvgIpc) is 3.28. The van der Waals surface area contributed by atoms with Gasteiger partial charge < -0.3 is 10.6 Å². The van der Waals surface area contributed by atoms with Gasteiger partial charge in [-0.25, -0.2) is 0 Å². The number of nitrogens with one attached hydrogen (secondary N) is 4. The van der Waals surface area contributed by atoms with Gasteiger partial charge in [0.05, 0.1) is 12.1 Å². The molecule has 2 saturated carbocycles. The fraction of sp³-hybridized carbons (Fsp3) is 0.950. The van der Waals surface area contributed by atoms with E-state index in [1.54, 1.807) is 0 Å². The van der Waals surface area contributed by atoms with Gasteiger partial charge in [0.15, 0.2) is 0 Å². The summed E-state index contributed by atoms with van der Waals surface area (Å²) in [6, 6.07) is 0.398. The van der Waals surface area contributed by atoms with Crippen LogP contribution in [-0.2, 0) is 9.63 Å². The van der Waals surface area contributed by atoms with Gasteiger partial charge in [0.1, 0.15) is 6.23 Å². The number of hydrogen-bond acceptors (Lipinski definition) is 5. The van der Waals surface area contributed by atoms with E-state index in [9.17, 15) is 4.79 Å². The van der Waals surface area contributed by atoms with Crippen molar-refractivity contribution in [1.82, 2.24) is 21.4 Å². The molecular formula is C20H36N4O2. The van der Waals surface area contributed by atoms with Crippen LogP contribution < -0.4 is 21.4 Å². The molecule has 4 fully saturated rings. The third-order valence-electron chi connectivity index (χ3n) is 7.26. The Hall–Kier alpha value is -0.690. The van der Waals surface area contributed by atoms with E-state index in [0.29, 0.717) is 30.0 Å². The fourth-order valence-corrected chi connectivity index (χ4v) is 5.79. The van der Waals surface area contributed by atoms with E-state index in [4.69, 9.17) is 4.84 Å². The maximum absolute atomic E-state index is 12.7. The van der Waals surface area contributed by atoms with Crippen molar-refractivity contribution in [2.75, 3.05) is 13.1 Å². The first-order valence-electron chi connectivity index (χ1n) is 10.8. The minimum absolute atomic E-state index is 0.153. The number of fused-ring (bicyclic) bond motifs is 1. The summed E-state index contributed by atoms with van der Waals surface area (Å²) in [5.74, 6) is 3.12. The maximum Gasteiger partial charge on any atom is 0.224 e. The molecule has 0 aromatic heterocycles. The number of amides is 1. The highest BCUT2D eigenvalue weighted by atomic mass is 16.7. The SMILES string of the molecule is CCC1NC(C2CCC3C(CC[C@H]3NC(=O)C3CNCC(C)C3)C2)NO1. The highest BCUT2D eigenvalue weighted by Crippen LogP contribution is 2.45. The van der Waals surface area contributed by atoms with E-state index in [0.717, 1.165) is 38.3 Å². The van der Waals surface area contributed by atoms with Gasteiger partial charge in [0.25, 0.3) is 0 Å². The van der Waals surface area contributed by atoms with Gasteiger partial charge in [-0.1, -0.05) is 13.8 Å². The van der Waals surface area contributed by atoms with Crippen LogP contribution in [0.4, 0.5) is 0 Å². The van der Waals surface area contributed by atoms with Crippen LogP contribution >= 0.6 is 0 Å². The zero-order valence-corrected chi connectivity index (χ0v) is 16.3. The minimum Gasteiger partial charge on any atom is -0.353 e. The van der Waals surface area contributed by atoms with Crippen LogP contribution in [0.3, 0.4) is 0 Å². The molecule has 0 spiro atoms. The first-order chi connectivity index (χ1) is 12.6. The lowest BCUT2D eigenvalue weighted by molar-refractivity contribution is -0.127. The molecule has 4 rings (SSSR count). The summed E-state index contributed by atoms with van der Waals surface area (Å²) in [5, 5.41) is 10.4. The van der Waals surface area contributed by atoms with Gasteiger partial charge in [-0.2, -0.15) is 5.48 Å². The third kappa shape index (κ3) is 3.93. The molecule has 2 aliphatic carbocycles. The fourth-order valence-electron chi connectivity index (χ4n) is 5.79. The van der Waals surface area contributed by atoms with Gasteiger partial charge in [0.2, 0.25) is 5.91 Å². The van der Waals surface area contributed by atoms with E-state index in [1.165, 1.54) is 25.7 Å². The van der Waals surface area contributed by atoms with Crippen molar-refractivity contribution in [2.45, 2.75) is 77.2 Å². The van der Waals surface area contributed by atoms with Crippen LogP contribution in [0.25, 0.3) is 0 Å². The second kappa shape index (κ2) is 8.13. The lowest BCUT2D eigenvalue weighted by Gasteiger charge is -2.37. The molecule has 148 valence electrons. The first kappa shape index (κ1) is 18.7. The Labute approximate surface area is 157 Å². The van der Waals surface area contributed by atoms with Crippen molar-refractivity contribution < 1.29 is 9.63 Å². The number of hydroxylamine groups is 1. The Morgan fingerprint density at radius 2 is 1.96 bits per heavy atom. The second-order valence-corrected chi connectivity index (χ2v) is 9.16. The molecule has 7 unspecified atom stereocenters. The summed E-state index contributed by atoms with van der Waals surface area (Å²) < 4.78 is 0. The lowest BCUT2D eigenvalue weighted by Crippen LogP contribution is -2.49. The van der Waals surface area contributed by atoms with Gasteiger partial charge >= 0.3 is 0 Å². The van der Waals surface area contributed by atoms with Gasteiger partial charge in [0, 0.05) is 12.6 Å². The Morgan fingerprint density at radius 1 is 1.12 bits per heavy atom. The molecule has 8 atom stereocenters. The highest BCUT2D eigenvalue weighted by molar-refractivity contribution is 5.79. The Balaban J connectivity index is 1.28. The molecule has 0 aromatic rings. The van der Waals surface area contributed by atoms with Crippen LogP contribution in [0.1, 0.15) is 58.8 Å². The van der Waals surface area contributed by atoms with Crippen LogP contribution in [0, 0.1) is 29.6 Å². The van der Waals surface area contributed by atoms with Gasteiger partial charge in [-0.15, -0.1) is 0 Å². The smallest absolute Gasteiger partial charge is 0.224 e. The normalized spacial score (nSPS) is 46.1. The molecule has 6 heteroatoms. The topological polar surface area (TPSA) is 74.4 Å². The molecule has 0 aromatic carbocycles. The molecule has 4 N–H and O–H groups in total. The van der Waals surface area contributed by atoms with Crippen molar-refractivity contribution >= 4 is 5.91 Å². The molecule has 0 radical (unpaired) electrons. The van der Waals surface area contributed by atoms with Gasteiger partial charge in [-0.05, 0) is 75.2 Å². The monoisotopic (exact) mass is 364 g/mol.